The molecule has 47 heavy (non-hydrogen) atoms. The Morgan fingerprint density at radius 2 is 1.96 bits per heavy atom. The quantitative estimate of drug-likeness (QED) is 0.214. The SMILES string of the molecule is C=CC(=O)O[C@H]1C[C@@H]2CN(C(=O)c3cc(OC)c4c(c3)nc(-c3cc5cccnc5n3CC3CC3)n4C)[C@H]1[C@@H]2NC(=O)OC(C)(C)C. The maximum absolute atomic E-state index is 14.3. The molecule has 0 unspecified atom stereocenters. The van der Waals surface area contributed by atoms with Crippen LogP contribution < -0.4 is 10.1 Å². The lowest BCUT2D eigenvalue weighted by Gasteiger charge is -2.33. The van der Waals surface area contributed by atoms with E-state index in [-0.39, 0.29) is 11.8 Å². The van der Waals surface area contributed by atoms with E-state index < -0.39 is 35.9 Å². The first-order valence-electron chi connectivity index (χ1n) is 16.1. The number of aromatic nitrogens is 4. The van der Waals surface area contributed by atoms with E-state index in [1.54, 1.807) is 44.9 Å². The van der Waals surface area contributed by atoms with Crippen molar-refractivity contribution in [1.29, 1.82) is 0 Å². The van der Waals surface area contributed by atoms with Gasteiger partial charge >= 0.3 is 12.1 Å². The van der Waals surface area contributed by atoms with E-state index in [0.717, 1.165) is 40.7 Å². The summed E-state index contributed by atoms with van der Waals surface area (Å²) in [6.07, 6.45) is 4.63. The number of likely N-dealkylation sites (tertiary alicyclic amines) is 1. The third kappa shape index (κ3) is 5.59. The average Bonchev–Trinajstić information content (AvgIpc) is 3.42. The monoisotopic (exact) mass is 640 g/mol. The Morgan fingerprint density at radius 1 is 1.17 bits per heavy atom. The predicted octanol–water partition coefficient (Wildman–Crippen LogP) is 4.84. The molecule has 12 nitrogen and oxygen atoms in total. The van der Waals surface area contributed by atoms with Crippen molar-refractivity contribution >= 4 is 40.0 Å². The molecular formula is C35H40N6O6. The Bertz CT molecular complexity index is 1920. The van der Waals surface area contributed by atoms with Crippen molar-refractivity contribution in [2.75, 3.05) is 13.7 Å². The summed E-state index contributed by atoms with van der Waals surface area (Å²) in [5.41, 5.74) is 2.96. The number of hydrogen-bond acceptors (Lipinski definition) is 8. The molecule has 3 aromatic heterocycles. The molecule has 1 aliphatic heterocycles. The van der Waals surface area contributed by atoms with Crippen LogP contribution in [0.4, 0.5) is 4.79 Å². The molecular weight excluding hydrogens is 600 g/mol. The zero-order valence-electron chi connectivity index (χ0n) is 27.4. The highest BCUT2D eigenvalue weighted by atomic mass is 16.6. The number of ether oxygens (including phenoxy) is 3. The summed E-state index contributed by atoms with van der Waals surface area (Å²) < 4.78 is 21.3. The second-order valence-electron chi connectivity index (χ2n) is 13.8. The summed E-state index contributed by atoms with van der Waals surface area (Å²) in [7, 11) is 3.53. The molecule has 3 fully saturated rings. The van der Waals surface area contributed by atoms with Gasteiger partial charge in [-0.2, -0.15) is 0 Å². The molecule has 2 aliphatic carbocycles. The van der Waals surface area contributed by atoms with Crippen LogP contribution in [0.1, 0.15) is 50.4 Å². The minimum absolute atomic E-state index is 0.131. The zero-order chi connectivity index (χ0) is 33.2. The number of esters is 1. The van der Waals surface area contributed by atoms with E-state index in [0.29, 0.717) is 35.7 Å². The Balaban J connectivity index is 1.24. The van der Waals surface area contributed by atoms with Crippen molar-refractivity contribution < 1.29 is 28.6 Å². The molecule has 0 radical (unpaired) electrons. The first-order chi connectivity index (χ1) is 22.5. The maximum Gasteiger partial charge on any atom is 0.407 e. The molecule has 7 rings (SSSR count). The number of alkyl carbamates (subject to hydrolysis) is 1. The highest BCUT2D eigenvalue weighted by Crippen LogP contribution is 2.42. The number of fused-ring (bicyclic) bond motifs is 4. The van der Waals surface area contributed by atoms with Crippen LogP contribution in [0, 0.1) is 11.8 Å². The van der Waals surface area contributed by atoms with Crippen molar-refractivity contribution in [2.45, 2.75) is 70.4 Å². The highest BCUT2D eigenvalue weighted by Gasteiger charge is 2.56. The largest absolute Gasteiger partial charge is 0.494 e. The average molecular weight is 641 g/mol. The third-order valence-corrected chi connectivity index (χ3v) is 9.38. The number of pyridine rings is 1. The normalized spacial score (nSPS) is 22.1. The fraction of sp³-hybridized carbons (Fsp3) is 0.457. The van der Waals surface area contributed by atoms with E-state index in [1.165, 1.54) is 12.8 Å². The lowest BCUT2D eigenvalue weighted by molar-refractivity contribution is -0.145. The van der Waals surface area contributed by atoms with Crippen molar-refractivity contribution in [2.24, 2.45) is 18.9 Å². The molecule has 1 saturated heterocycles. The Hall–Kier alpha value is -4.87. The summed E-state index contributed by atoms with van der Waals surface area (Å²) in [6.45, 7) is 10.1. The number of nitrogens with zero attached hydrogens (tertiary/aromatic N) is 5. The van der Waals surface area contributed by atoms with Crippen molar-refractivity contribution in [1.82, 2.24) is 29.3 Å². The van der Waals surface area contributed by atoms with Crippen LogP contribution in [-0.2, 0) is 27.9 Å². The Labute approximate surface area is 272 Å². The number of imidazole rings is 1. The number of benzene rings is 1. The van der Waals surface area contributed by atoms with Gasteiger partial charge in [-0.3, -0.25) is 4.79 Å². The van der Waals surface area contributed by atoms with Crippen molar-refractivity contribution in [3.05, 3.63) is 54.7 Å². The number of aryl methyl sites for hydroxylation is 1. The Morgan fingerprint density at radius 3 is 2.66 bits per heavy atom. The highest BCUT2D eigenvalue weighted by molar-refractivity contribution is 6.00. The van der Waals surface area contributed by atoms with Crippen LogP contribution >= 0.6 is 0 Å². The van der Waals surface area contributed by atoms with Gasteiger partial charge in [0.2, 0.25) is 0 Å². The lowest BCUT2D eigenvalue weighted by atomic mass is 10.1. The van der Waals surface area contributed by atoms with Crippen LogP contribution in [-0.4, -0.2) is 79.4 Å². The predicted molar refractivity (Wildman–Crippen MR) is 175 cm³/mol. The molecule has 0 spiro atoms. The molecule has 4 aromatic rings. The molecule has 1 N–H and O–H groups in total. The minimum atomic E-state index is -0.692. The number of methoxy groups -OCH3 is 1. The van der Waals surface area contributed by atoms with Crippen LogP contribution in [0.15, 0.2) is 49.2 Å². The number of nitrogens with one attached hydrogen (secondary N) is 1. The first kappa shape index (κ1) is 30.8. The van der Waals surface area contributed by atoms with Gasteiger partial charge in [-0.05, 0) is 76.3 Å². The van der Waals surface area contributed by atoms with Crippen LogP contribution in [0.5, 0.6) is 5.75 Å². The zero-order valence-corrected chi connectivity index (χ0v) is 27.4. The summed E-state index contributed by atoms with van der Waals surface area (Å²) >= 11 is 0. The molecule has 1 aromatic carbocycles. The van der Waals surface area contributed by atoms with Gasteiger partial charge in [0.1, 0.15) is 28.6 Å². The number of hydrogen-bond donors (Lipinski definition) is 1. The topological polar surface area (TPSA) is 130 Å². The lowest BCUT2D eigenvalue weighted by Crippen LogP contribution is -2.52. The number of rotatable bonds is 8. The molecule has 246 valence electrons. The Kier molecular flexibility index (Phi) is 7.48. The minimum Gasteiger partial charge on any atom is -0.494 e. The number of carbonyl (C=O) groups is 3. The third-order valence-electron chi connectivity index (χ3n) is 9.38. The standard InChI is InChI=1S/C35H40N6O6/c1-7-27(42)46-26-16-22-18-41(30(26)28(22)38-34(44)47-35(2,3)4)33(43)21-13-23-29(25(15-21)45-6)39(5)32(37-23)24-14-20-9-8-12-36-31(20)40(24)17-19-10-11-19/h7-9,12-15,19,22,26,28,30H,1,10-11,16-18H2,2-6H3,(H,38,44)/t22-,26+,28-,30-/m1/s1. The number of amides is 2. The van der Waals surface area contributed by atoms with Gasteiger partial charge in [0, 0.05) is 49.3 Å². The van der Waals surface area contributed by atoms with E-state index in [4.69, 9.17) is 19.2 Å². The number of piperidine rings is 1. The van der Waals surface area contributed by atoms with Gasteiger partial charge in [0.15, 0.2) is 5.82 Å². The van der Waals surface area contributed by atoms with E-state index in [9.17, 15) is 14.4 Å². The summed E-state index contributed by atoms with van der Waals surface area (Å²) in [5, 5.41) is 4.00. The van der Waals surface area contributed by atoms with Gasteiger partial charge in [-0.25, -0.2) is 19.6 Å². The molecule has 12 heteroatoms. The van der Waals surface area contributed by atoms with Gasteiger partial charge in [-0.15, -0.1) is 0 Å². The fourth-order valence-electron chi connectivity index (χ4n) is 7.23. The van der Waals surface area contributed by atoms with Crippen molar-refractivity contribution in [3.8, 4) is 17.3 Å². The van der Waals surface area contributed by atoms with Gasteiger partial charge in [0.25, 0.3) is 5.91 Å². The van der Waals surface area contributed by atoms with Gasteiger partial charge in [-0.1, -0.05) is 6.58 Å². The molecule has 3 aliphatic rings. The van der Waals surface area contributed by atoms with Crippen LogP contribution in [0.25, 0.3) is 33.6 Å². The summed E-state index contributed by atoms with van der Waals surface area (Å²) in [4.78, 5) is 50.7. The van der Waals surface area contributed by atoms with Crippen LogP contribution in [0.2, 0.25) is 0 Å². The number of carbonyl (C=O) groups excluding carboxylic acids is 3. The second-order valence-corrected chi connectivity index (χ2v) is 13.8. The molecule has 4 heterocycles. The van der Waals surface area contributed by atoms with E-state index in [2.05, 4.69) is 33.6 Å². The maximum atomic E-state index is 14.3. The van der Waals surface area contributed by atoms with E-state index in [1.807, 2.05) is 23.9 Å². The smallest absolute Gasteiger partial charge is 0.407 e. The first-order valence-corrected chi connectivity index (χ1v) is 16.1. The molecule has 2 amide bonds. The molecule has 4 atom stereocenters. The summed E-state index contributed by atoms with van der Waals surface area (Å²) in [5.74, 6) is 0.904. The van der Waals surface area contributed by atoms with E-state index >= 15 is 0 Å². The van der Waals surface area contributed by atoms with Crippen LogP contribution in [0.3, 0.4) is 0 Å². The molecule has 2 saturated carbocycles. The van der Waals surface area contributed by atoms with Gasteiger partial charge < -0.3 is 33.6 Å². The van der Waals surface area contributed by atoms with Crippen molar-refractivity contribution in [3.63, 3.8) is 0 Å². The summed E-state index contributed by atoms with van der Waals surface area (Å²) in [6, 6.07) is 8.58. The molecule has 2 bridgehead atoms. The van der Waals surface area contributed by atoms with Gasteiger partial charge in [0.05, 0.1) is 30.4 Å². The second kappa shape index (κ2) is 11.4. The fourth-order valence-corrected chi connectivity index (χ4v) is 7.23.